The van der Waals surface area contributed by atoms with Gasteiger partial charge < -0.3 is 19.3 Å². The number of nitrogens with zero attached hydrogens (tertiary/aromatic N) is 2. The van der Waals surface area contributed by atoms with E-state index < -0.39 is 5.60 Å². The Morgan fingerprint density at radius 3 is 2.52 bits per heavy atom. The van der Waals surface area contributed by atoms with Gasteiger partial charge in [-0.2, -0.15) is 0 Å². The molecular weight excluding hydrogens is 344 g/mol. The Kier molecular flexibility index (Phi) is 6.16. The molecule has 0 aromatic heterocycles. The van der Waals surface area contributed by atoms with Crippen LogP contribution in [0.25, 0.3) is 0 Å². The van der Waals surface area contributed by atoms with E-state index in [0.29, 0.717) is 23.9 Å². The highest BCUT2D eigenvalue weighted by atomic mass is 35.5. The number of rotatable bonds is 4. The molecule has 2 amide bonds. The van der Waals surface area contributed by atoms with Crippen LogP contribution < -0.4 is 4.74 Å². The first kappa shape index (κ1) is 19.4. The van der Waals surface area contributed by atoms with Crippen LogP contribution in [0.4, 0.5) is 4.79 Å². The third kappa shape index (κ3) is 5.81. The van der Waals surface area contributed by atoms with Crippen LogP contribution in [0.15, 0.2) is 24.3 Å². The summed E-state index contributed by atoms with van der Waals surface area (Å²) in [4.78, 5) is 27.7. The van der Waals surface area contributed by atoms with Crippen molar-refractivity contribution in [1.82, 2.24) is 9.80 Å². The molecule has 1 fully saturated rings. The first-order chi connectivity index (χ1) is 11.7. The number of likely N-dealkylation sites (tertiary alicyclic amines) is 1. The third-order valence-electron chi connectivity index (χ3n) is 3.93. The molecule has 0 radical (unpaired) electrons. The predicted octanol–water partition coefficient (Wildman–Crippen LogP) is 3.19. The van der Waals surface area contributed by atoms with Gasteiger partial charge in [0.15, 0.2) is 6.61 Å². The number of halogens is 1. The van der Waals surface area contributed by atoms with E-state index in [4.69, 9.17) is 21.1 Å². The van der Waals surface area contributed by atoms with Gasteiger partial charge in [-0.25, -0.2) is 4.79 Å². The molecule has 25 heavy (non-hydrogen) atoms. The van der Waals surface area contributed by atoms with E-state index in [1.165, 1.54) is 0 Å². The molecule has 1 heterocycles. The van der Waals surface area contributed by atoms with E-state index in [1.807, 2.05) is 20.8 Å². The van der Waals surface area contributed by atoms with Gasteiger partial charge in [0.25, 0.3) is 5.91 Å². The van der Waals surface area contributed by atoms with E-state index in [0.717, 1.165) is 6.42 Å². The molecule has 0 aliphatic carbocycles. The predicted molar refractivity (Wildman–Crippen MR) is 95.9 cm³/mol. The topological polar surface area (TPSA) is 59.1 Å². The maximum absolute atomic E-state index is 12.3. The van der Waals surface area contributed by atoms with E-state index in [1.54, 1.807) is 41.1 Å². The number of benzene rings is 1. The van der Waals surface area contributed by atoms with Gasteiger partial charge in [-0.1, -0.05) is 11.6 Å². The van der Waals surface area contributed by atoms with Crippen molar-refractivity contribution in [3.63, 3.8) is 0 Å². The summed E-state index contributed by atoms with van der Waals surface area (Å²) >= 11 is 5.82. The monoisotopic (exact) mass is 368 g/mol. The SMILES string of the molecule is CN(C(=O)COc1ccc(Cl)cc1)[C@@H]1CCN(C(=O)OC(C)(C)C)C1. The standard InChI is InChI=1S/C18H25ClN2O4/c1-18(2,3)25-17(23)21-10-9-14(11-21)20(4)16(22)12-24-15-7-5-13(19)6-8-15/h5-8,14H,9-12H2,1-4H3/t14-/m1/s1. The van der Waals surface area contributed by atoms with Crippen molar-refractivity contribution in [2.45, 2.75) is 38.8 Å². The van der Waals surface area contributed by atoms with Crippen LogP contribution >= 0.6 is 11.6 Å². The average Bonchev–Trinajstić information content (AvgIpc) is 3.02. The zero-order valence-electron chi connectivity index (χ0n) is 15.1. The van der Waals surface area contributed by atoms with Crippen molar-refractivity contribution >= 4 is 23.6 Å². The molecular formula is C18H25ClN2O4. The number of hydrogen-bond donors (Lipinski definition) is 0. The van der Waals surface area contributed by atoms with Crippen LogP contribution in [0.3, 0.4) is 0 Å². The highest BCUT2D eigenvalue weighted by Crippen LogP contribution is 2.19. The molecule has 138 valence electrons. The molecule has 0 N–H and O–H groups in total. The molecule has 7 heteroatoms. The van der Waals surface area contributed by atoms with Gasteiger partial charge in [-0.3, -0.25) is 4.79 Å². The van der Waals surface area contributed by atoms with Crippen molar-refractivity contribution < 1.29 is 19.1 Å². The molecule has 1 saturated heterocycles. The summed E-state index contributed by atoms with van der Waals surface area (Å²) in [7, 11) is 1.73. The number of carbonyl (C=O) groups is 2. The second-order valence-electron chi connectivity index (χ2n) is 7.12. The van der Waals surface area contributed by atoms with Crippen molar-refractivity contribution in [2.75, 3.05) is 26.7 Å². The Balaban J connectivity index is 1.82. The van der Waals surface area contributed by atoms with Gasteiger partial charge in [0.1, 0.15) is 11.4 Å². The maximum atomic E-state index is 12.3. The molecule has 1 aliphatic heterocycles. The van der Waals surface area contributed by atoms with Crippen molar-refractivity contribution in [3.8, 4) is 5.75 Å². The highest BCUT2D eigenvalue weighted by molar-refractivity contribution is 6.30. The quantitative estimate of drug-likeness (QED) is 0.819. The Morgan fingerprint density at radius 2 is 1.92 bits per heavy atom. The van der Waals surface area contributed by atoms with Crippen LogP contribution in [0, 0.1) is 0 Å². The summed E-state index contributed by atoms with van der Waals surface area (Å²) in [5.41, 5.74) is -0.524. The zero-order chi connectivity index (χ0) is 18.6. The number of hydrogen-bond acceptors (Lipinski definition) is 4. The third-order valence-corrected chi connectivity index (χ3v) is 4.18. The van der Waals surface area contributed by atoms with E-state index >= 15 is 0 Å². The zero-order valence-corrected chi connectivity index (χ0v) is 15.9. The Labute approximate surface area is 153 Å². The van der Waals surface area contributed by atoms with E-state index in [9.17, 15) is 9.59 Å². The Hall–Kier alpha value is -1.95. The fraction of sp³-hybridized carbons (Fsp3) is 0.556. The Morgan fingerprint density at radius 1 is 1.28 bits per heavy atom. The number of carbonyl (C=O) groups excluding carboxylic acids is 2. The van der Waals surface area contributed by atoms with E-state index in [2.05, 4.69) is 0 Å². The highest BCUT2D eigenvalue weighted by Gasteiger charge is 2.33. The number of ether oxygens (including phenoxy) is 2. The fourth-order valence-corrected chi connectivity index (χ4v) is 2.66. The molecule has 1 aliphatic rings. The minimum Gasteiger partial charge on any atom is -0.484 e. The first-order valence-corrected chi connectivity index (χ1v) is 8.65. The lowest BCUT2D eigenvalue weighted by atomic mass is 10.2. The Bertz CT molecular complexity index is 612. The van der Waals surface area contributed by atoms with Crippen molar-refractivity contribution in [3.05, 3.63) is 29.3 Å². The van der Waals surface area contributed by atoms with Gasteiger partial charge in [0, 0.05) is 25.2 Å². The first-order valence-electron chi connectivity index (χ1n) is 8.27. The lowest BCUT2D eigenvalue weighted by Crippen LogP contribution is -2.43. The maximum Gasteiger partial charge on any atom is 0.410 e. The van der Waals surface area contributed by atoms with Crippen LogP contribution in [0.2, 0.25) is 5.02 Å². The molecule has 1 atom stereocenters. The minimum absolute atomic E-state index is 0.0335. The van der Waals surface area contributed by atoms with Crippen LogP contribution in [-0.4, -0.2) is 60.2 Å². The molecule has 0 unspecified atom stereocenters. The summed E-state index contributed by atoms with van der Waals surface area (Å²) < 4.78 is 10.9. The second kappa shape index (κ2) is 7.95. The van der Waals surface area contributed by atoms with Crippen molar-refractivity contribution in [2.24, 2.45) is 0 Å². The molecule has 6 nitrogen and oxygen atoms in total. The molecule has 2 rings (SSSR count). The number of amides is 2. The lowest BCUT2D eigenvalue weighted by Gasteiger charge is -2.26. The minimum atomic E-state index is -0.524. The van der Waals surface area contributed by atoms with Gasteiger partial charge in [0.05, 0.1) is 6.04 Å². The summed E-state index contributed by atoms with van der Waals surface area (Å²) in [6.07, 6.45) is 0.385. The summed E-state index contributed by atoms with van der Waals surface area (Å²) in [5, 5.41) is 0.615. The molecule has 0 saturated carbocycles. The van der Waals surface area contributed by atoms with Gasteiger partial charge in [-0.15, -0.1) is 0 Å². The average molecular weight is 369 g/mol. The molecule has 0 bridgehead atoms. The van der Waals surface area contributed by atoms with Crippen LogP contribution in [0.5, 0.6) is 5.75 Å². The smallest absolute Gasteiger partial charge is 0.410 e. The summed E-state index contributed by atoms with van der Waals surface area (Å²) in [6.45, 7) is 6.50. The summed E-state index contributed by atoms with van der Waals surface area (Å²) in [6, 6.07) is 6.82. The lowest BCUT2D eigenvalue weighted by molar-refractivity contribution is -0.133. The van der Waals surface area contributed by atoms with E-state index in [-0.39, 0.29) is 24.6 Å². The normalized spacial score (nSPS) is 17.3. The summed E-state index contributed by atoms with van der Waals surface area (Å²) in [5.74, 6) is 0.457. The van der Waals surface area contributed by atoms with Crippen LogP contribution in [0.1, 0.15) is 27.2 Å². The molecule has 1 aromatic carbocycles. The van der Waals surface area contributed by atoms with Gasteiger partial charge in [-0.05, 0) is 51.5 Å². The molecule has 1 aromatic rings. The largest absolute Gasteiger partial charge is 0.484 e. The fourth-order valence-electron chi connectivity index (χ4n) is 2.53. The van der Waals surface area contributed by atoms with Gasteiger partial charge in [0.2, 0.25) is 0 Å². The van der Waals surface area contributed by atoms with Crippen molar-refractivity contribution in [1.29, 1.82) is 0 Å². The second-order valence-corrected chi connectivity index (χ2v) is 7.55. The van der Waals surface area contributed by atoms with Crippen LogP contribution in [-0.2, 0) is 9.53 Å². The number of likely N-dealkylation sites (N-methyl/N-ethyl adjacent to an activating group) is 1. The van der Waals surface area contributed by atoms with Gasteiger partial charge >= 0.3 is 6.09 Å². The molecule has 0 spiro atoms.